The van der Waals surface area contributed by atoms with Gasteiger partial charge in [-0.2, -0.15) is 0 Å². The second kappa shape index (κ2) is 31.7. The number of rotatable bonds is 31. The van der Waals surface area contributed by atoms with Gasteiger partial charge >= 0.3 is 0 Å². The molecular formula is C106H102N4O6. The lowest BCUT2D eigenvalue weighted by Crippen LogP contribution is -2.25. The average molecular weight is 1530 g/mol. The molecule has 7 heterocycles. The van der Waals surface area contributed by atoms with E-state index in [0.717, 1.165) is 227 Å². The number of fused-ring (bicyclic) bond motifs is 16. The highest BCUT2D eigenvalue weighted by Crippen LogP contribution is 2.56. The maximum absolute atomic E-state index is 16.1. The van der Waals surface area contributed by atoms with E-state index >= 15 is 14.4 Å². The molecule has 10 aromatic carbocycles. The van der Waals surface area contributed by atoms with Crippen LogP contribution >= 0.6 is 0 Å². The number of hydrogen-bond acceptors (Lipinski definition) is 6. The summed E-state index contributed by atoms with van der Waals surface area (Å²) in [5.74, 6) is 2.60. The van der Waals surface area contributed by atoms with Crippen molar-refractivity contribution < 1.29 is 14.3 Å². The number of hydrogen-bond donors (Lipinski definition) is 0. The first-order valence-electron chi connectivity index (χ1n) is 43.0. The van der Waals surface area contributed by atoms with E-state index in [-0.39, 0.29) is 22.1 Å². The van der Waals surface area contributed by atoms with Gasteiger partial charge < -0.3 is 9.47 Å². The number of pyridine rings is 3. The molecule has 7 aromatic heterocycles. The third-order valence-corrected chi connectivity index (χ3v) is 26.2. The zero-order valence-corrected chi connectivity index (χ0v) is 68.1. The van der Waals surface area contributed by atoms with Crippen LogP contribution in [-0.2, 0) is 10.2 Å². The van der Waals surface area contributed by atoms with Crippen molar-refractivity contribution in [1.29, 1.82) is 0 Å². The Hall–Kier alpha value is -11.9. The number of benzene rings is 10. The van der Waals surface area contributed by atoms with Gasteiger partial charge in [0, 0.05) is 48.3 Å². The Morgan fingerprint density at radius 1 is 0.371 bits per heavy atom. The second-order valence-electron chi connectivity index (χ2n) is 33.0. The van der Waals surface area contributed by atoms with Crippen molar-refractivity contribution >= 4 is 93.8 Å². The number of ether oxygens (including phenoxy) is 2. The Morgan fingerprint density at radius 3 is 1.16 bits per heavy atom. The van der Waals surface area contributed by atoms with E-state index in [0.29, 0.717) is 52.8 Å². The normalized spacial score (nSPS) is 13.6. The molecule has 17 aromatic rings. The summed E-state index contributed by atoms with van der Waals surface area (Å²) in [5, 5.41) is 6.72. The first-order chi connectivity index (χ1) is 56.9. The first-order valence-corrected chi connectivity index (χ1v) is 43.0. The molecule has 116 heavy (non-hydrogen) atoms. The zero-order valence-electron chi connectivity index (χ0n) is 68.1. The monoisotopic (exact) mass is 1530 g/mol. The van der Waals surface area contributed by atoms with Gasteiger partial charge in [-0.05, 0) is 177 Å². The first kappa shape index (κ1) is 75.5. The molecule has 0 N–H and O–H groups in total. The second-order valence-corrected chi connectivity index (χ2v) is 33.0. The van der Waals surface area contributed by atoms with Gasteiger partial charge in [0.2, 0.25) is 6.41 Å². The molecule has 10 heteroatoms. The molecule has 0 aliphatic heterocycles. The van der Waals surface area contributed by atoms with Crippen molar-refractivity contribution in [2.75, 3.05) is 13.2 Å². The summed E-state index contributed by atoms with van der Waals surface area (Å²) in [5.41, 5.74) is 21.0. The highest BCUT2D eigenvalue weighted by molar-refractivity contribution is 6.28. The van der Waals surface area contributed by atoms with E-state index in [2.05, 4.69) is 176 Å². The topological polar surface area (TPSA) is 105 Å². The largest absolute Gasteiger partial charge is 0.493 e. The maximum Gasteiger partial charge on any atom is 0.264 e. The van der Waals surface area contributed by atoms with Gasteiger partial charge in [0.25, 0.3) is 16.7 Å². The molecule has 1 aliphatic carbocycles. The van der Waals surface area contributed by atoms with Gasteiger partial charge in [-0.25, -0.2) is 0 Å². The van der Waals surface area contributed by atoms with E-state index in [9.17, 15) is 4.79 Å². The Bertz CT molecular complexity index is 6820. The van der Waals surface area contributed by atoms with Crippen LogP contribution in [0.1, 0.15) is 181 Å². The minimum absolute atomic E-state index is 0.124. The predicted molar refractivity (Wildman–Crippen MR) is 484 cm³/mol. The highest BCUT2D eigenvalue weighted by Gasteiger charge is 2.43. The standard InChI is InChI=1S/C106H102N4O6/c1-8-14-18-28-60-106(61-29-19-15-9-2)86-62-76(71-40-44-73(45-41-71)93-96-82-32-20-24-36-88(82)107(66-111)99(96)100-92(83-33-21-25-37-89(83)108(100)103(93)112)67(7)70-48-54-78(55-49-70)115-64-68(12-5)30-16-10-3)52-58-80(86)81-59-53-77(63-87(81)106)72-42-46-74(47-43-72)94-97-84-34-22-26-38-90(84)110-101(97)102-98(85-35-23-27-39-91(85)109(102)104(94)113)95(105(110)114)75-50-56-79(57-51-75)116-65-69(13-6)31-17-11-4/h20-27,32-59,62-63,66,68-69H,8-19,28-31,60-61,64-65H2,1-7H3/b92-67+. The Morgan fingerprint density at radius 2 is 0.733 bits per heavy atom. The number of carbonyl (C=O) groups excluding carboxylic acids is 1. The highest BCUT2D eigenvalue weighted by atomic mass is 16.5. The van der Waals surface area contributed by atoms with Crippen molar-refractivity contribution in [1.82, 2.24) is 17.8 Å². The van der Waals surface area contributed by atoms with Crippen molar-refractivity contribution in [2.45, 2.75) is 169 Å². The van der Waals surface area contributed by atoms with Crippen molar-refractivity contribution in [3.63, 3.8) is 0 Å². The fourth-order valence-electron chi connectivity index (χ4n) is 20.0. The van der Waals surface area contributed by atoms with Crippen LogP contribution < -0.4 is 31.4 Å². The number of aromatic nitrogens is 4. The van der Waals surface area contributed by atoms with Crippen LogP contribution in [0, 0.1) is 11.8 Å². The van der Waals surface area contributed by atoms with E-state index < -0.39 is 0 Å². The molecule has 0 saturated heterocycles. The van der Waals surface area contributed by atoms with Gasteiger partial charge in [0.15, 0.2) is 0 Å². The molecule has 0 radical (unpaired) electrons. The molecular weight excluding hydrogens is 1430 g/mol. The smallest absolute Gasteiger partial charge is 0.264 e. The fourth-order valence-corrected chi connectivity index (χ4v) is 20.0. The van der Waals surface area contributed by atoms with Crippen LogP contribution in [0.15, 0.2) is 245 Å². The number of nitrogens with zero attached hydrogens (tertiary/aromatic N) is 4. The third-order valence-electron chi connectivity index (χ3n) is 26.2. The van der Waals surface area contributed by atoms with Crippen LogP contribution in [0.3, 0.4) is 0 Å². The van der Waals surface area contributed by atoms with Crippen molar-refractivity contribution in [3.05, 3.63) is 283 Å². The van der Waals surface area contributed by atoms with Crippen LogP contribution in [0.4, 0.5) is 0 Å². The van der Waals surface area contributed by atoms with Crippen LogP contribution in [0.2, 0.25) is 0 Å². The number of para-hydroxylation sites is 4. The summed E-state index contributed by atoms with van der Waals surface area (Å²) < 4.78 is 20.2. The maximum atomic E-state index is 16.1. The van der Waals surface area contributed by atoms with Crippen LogP contribution in [-0.4, -0.2) is 37.4 Å². The van der Waals surface area contributed by atoms with E-state index in [1.54, 1.807) is 4.57 Å². The Kier molecular flexibility index (Phi) is 20.6. The number of carbonyl (C=O) groups is 1. The quantitative estimate of drug-likeness (QED) is 0.0317. The molecule has 0 bridgehead atoms. The van der Waals surface area contributed by atoms with Gasteiger partial charge in [0.1, 0.15) is 11.5 Å². The summed E-state index contributed by atoms with van der Waals surface area (Å²) in [6.45, 7) is 17.0. The van der Waals surface area contributed by atoms with Crippen molar-refractivity contribution in [3.8, 4) is 78.3 Å². The van der Waals surface area contributed by atoms with Crippen LogP contribution in [0.5, 0.6) is 11.5 Å². The van der Waals surface area contributed by atoms with Gasteiger partial charge in [-0.15, -0.1) is 0 Å². The molecule has 0 saturated carbocycles. The van der Waals surface area contributed by atoms with Crippen molar-refractivity contribution in [2.24, 2.45) is 11.8 Å². The molecule has 0 amide bonds. The van der Waals surface area contributed by atoms with Gasteiger partial charge in [-0.1, -0.05) is 301 Å². The molecule has 1 aliphatic rings. The summed E-state index contributed by atoms with van der Waals surface area (Å²) in [6.07, 6.45) is 21.3. The summed E-state index contributed by atoms with van der Waals surface area (Å²) >= 11 is 0. The Labute approximate surface area is 678 Å². The zero-order chi connectivity index (χ0) is 79.5. The lowest BCUT2D eigenvalue weighted by Gasteiger charge is -2.33. The number of unbranched alkanes of at least 4 members (excludes halogenated alkanes) is 8. The molecule has 2 unspecified atom stereocenters. The van der Waals surface area contributed by atoms with E-state index in [1.807, 2.05) is 116 Å². The molecule has 582 valence electrons. The minimum atomic E-state index is -0.268. The van der Waals surface area contributed by atoms with E-state index in [4.69, 9.17) is 9.47 Å². The summed E-state index contributed by atoms with van der Waals surface area (Å²) in [4.78, 5) is 61.8. The Balaban J connectivity index is 0.720. The third kappa shape index (κ3) is 12.6. The van der Waals surface area contributed by atoms with Crippen LogP contribution in [0.25, 0.3) is 154 Å². The summed E-state index contributed by atoms with van der Waals surface area (Å²) in [7, 11) is 0. The molecule has 10 nitrogen and oxygen atoms in total. The lowest BCUT2D eigenvalue weighted by atomic mass is 9.70. The molecule has 0 spiro atoms. The predicted octanol–water partition coefficient (Wildman–Crippen LogP) is 25.8. The fraction of sp³-hybridized carbons (Fsp3) is 0.283. The summed E-state index contributed by atoms with van der Waals surface area (Å²) in [6, 6.07) is 80.1. The molecule has 18 rings (SSSR count). The lowest BCUT2D eigenvalue weighted by molar-refractivity contribution is 0.233. The average Bonchev–Trinajstić information content (AvgIpc) is 1.51. The SMILES string of the molecule is CCCCCCC1(CCCCCC)c2cc(-c3ccc(-c4c(=O)n5c6ccccc6/c(=C(/C)c6ccc(OCC(CC)CCCC)cc6)c5c5c4c4ccccc4n5C=O)cc3)ccc2-c2ccc(-c3ccc(-c4c(=O)n5c6ccccc6c6c(-c7ccc(OCC(CC)CCCC)cc7)c(=O)n7c8ccccc8c4c7c65)cc3)cc21. The van der Waals surface area contributed by atoms with Gasteiger partial charge in [0.05, 0.1) is 74.0 Å². The molecule has 2 atom stereocenters. The molecule has 0 fully saturated rings. The van der Waals surface area contributed by atoms with Gasteiger partial charge in [-0.3, -0.25) is 36.9 Å². The van der Waals surface area contributed by atoms with E-state index in [1.165, 1.54) is 54.4 Å². The minimum Gasteiger partial charge on any atom is -0.493 e.